The number of rotatable bonds is 14. The molecule has 0 radical (unpaired) electrons. The van der Waals surface area contributed by atoms with Crippen molar-refractivity contribution in [1.82, 2.24) is 0 Å². The van der Waals surface area contributed by atoms with Crippen molar-refractivity contribution in [2.24, 2.45) is 11.3 Å². The van der Waals surface area contributed by atoms with Gasteiger partial charge in [0.15, 0.2) is 0 Å². The lowest BCUT2D eigenvalue weighted by molar-refractivity contribution is -0.284. The Labute approximate surface area is 260 Å². The predicted molar refractivity (Wildman–Crippen MR) is 164 cm³/mol. The van der Waals surface area contributed by atoms with Crippen LogP contribution in [-0.2, 0) is 9.53 Å². The Balaban J connectivity index is 1.29. The Kier molecular flexibility index (Phi) is 11.3. The number of hydrogen-bond donors (Lipinski definition) is 1. The molecule has 2 aromatic rings. The van der Waals surface area contributed by atoms with Crippen molar-refractivity contribution < 1.29 is 41.3 Å². The largest absolute Gasteiger partial charge is 0.508 e. The minimum Gasteiger partial charge on any atom is -0.508 e. The third-order valence-corrected chi connectivity index (χ3v) is 10.1. The molecule has 0 spiro atoms. The van der Waals surface area contributed by atoms with Gasteiger partial charge in [-0.3, -0.25) is 4.79 Å². The lowest BCUT2D eigenvalue weighted by atomic mass is 9.64. The molecular formula is C34H41F5O4S. The standard InChI is InChI=1S/C34H41F5O4S/c1-23(40)43-31-16-11-26-21-29(24-7-12-27(41)13-8-24)30(22-32(26,31)2)25-9-14-28(15-10-25)42-18-4-3-5-19-44-20-6-17-33(35,36)34(37,38)39/h7-10,12-15,26,31,41H,3-6,11,16-22H2,1-2H3/t26-,31-,32-/m0/s1. The van der Waals surface area contributed by atoms with Crippen LogP contribution in [0.2, 0.25) is 0 Å². The number of alkyl halides is 5. The molecule has 1 saturated carbocycles. The van der Waals surface area contributed by atoms with Crippen LogP contribution < -0.4 is 4.74 Å². The van der Waals surface area contributed by atoms with Gasteiger partial charge in [0, 0.05) is 18.8 Å². The highest BCUT2D eigenvalue weighted by atomic mass is 32.2. The summed E-state index contributed by atoms with van der Waals surface area (Å²) in [5, 5.41) is 9.85. The fourth-order valence-electron chi connectivity index (χ4n) is 6.42. The summed E-state index contributed by atoms with van der Waals surface area (Å²) in [6, 6.07) is 15.3. The summed E-state index contributed by atoms with van der Waals surface area (Å²) in [5.41, 5.74) is 4.45. The van der Waals surface area contributed by atoms with Crippen LogP contribution in [0.5, 0.6) is 11.5 Å². The average Bonchev–Trinajstić information content (AvgIpc) is 3.27. The second kappa shape index (κ2) is 14.6. The molecule has 0 heterocycles. The Morgan fingerprint density at radius 2 is 1.55 bits per heavy atom. The number of benzene rings is 2. The summed E-state index contributed by atoms with van der Waals surface area (Å²) in [4.78, 5) is 11.9. The summed E-state index contributed by atoms with van der Waals surface area (Å²) < 4.78 is 74.2. The number of phenolic OH excluding ortho intramolecular Hbond substituents is 1. The van der Waals surface area contributed by atoms with Crippen LogP contribution in [0.4, 0.5) is 22.0 Å². The summed E-state index contributed by atoms with van der Waals surface area (Å²) >= 11 is 1.40. The predicted octanol–water partition coefficient (Wildman–Crippen LogP) is 9.70. The number of halogens is 5. The van der Waals surface area contributed by atoms with E-state index in [4.69, 9.17) is 9.47 Å². The molecule has 0 saturated heterocycles. The first-order valence-corrected chi connectivity index (χ1v) is 16.4. The van der Waals surface area contributed by atoms with Gasteiger partial charge in [0.2, 0.25) is 0 Å². The number of ether oxygens (including phenoxy) is 2. The van der Waals surface area contributed by atoms with Crippen LogP contribution >= 0.6 is 11.8 Å². The number of carbonyl (C=O) groups excluding carboxylic acids is 1. The number of carbonyl (C=O) groups is 1. The van der Waals surface area contributed by atoms with E-state index in [0.29, 0.717) is 18.3 Å². The maximum atomic E-state index is 12.9. The first-order chi connectivity index (χ1) is 20.8. The Morgan fingerprint density at radius 1 is 0.909 bits per heavy atom. The third kappa shape index (κ3) is 8.49. The second-order valence-corrected chi connectivity index (χ2v) is 13.3. The molecule has 0 aromatic heterocycles. The Morgan fingerprint density at radius 3 is 2.20 bits per heavy atom. The van der Waals surface area contributed by atoms with E-state index < -0.39 is 18.5 Å². The van der Waals surface area contributed by atoms with Crippen molar-refractivity contribution in [2.75, 3.05) is 18.1 Å². The summed E-state index contributed by atoms with van der Waals surface area (Å²) in [6.45, 7) is 4.22. The Bertz CT molecular complexity index is 1280. The number of allylic oxidation sites excluding steroid dienone is 2. The molecule has 0 amide bonds. The van der Waals surface area contributed by atoms with E-state index in [0.717, 1.165) is 61.8 Å². The van der Waals surface area contributed by atoms with Gasteiger partial charge in [-0.2, -0.15) is 33.7 Å². The van der Waals surface area contributed by atoms with E-state index in [2.05, 4.69) is 19.1 Å². The SMILES string of the molecule is CC(=O)O[C@H]1CC[C@H]2CC(c3ccc(O)cc3)=C(c3ccc(OCCCCCSCCCC(F)(F)C(F)(F)F)cc3)C[C@@]21C. The molecule has 1 fully saturated rings. The lowest BCUT2D eigenvalue weighted by Crippen LogP contribution is -2.38. The van der Waals surface area contributed by atoms with Crippen molar-refractivity contribution in [3.05, 3.63) is 59.7 Å². The van der Waals surface area contributed by atoms with Gasteiger partial charge >= 0.3 is 18.1 Å². The molecule has 0 unspecified atom stereocenters. The van der Waals surface area contributed by atoms with Crippen LogP contribution in [-0.4, -0.2) is 47.4 Å². The molecule has 1 N–H and O–H groups in total. The topological polar surface area (TPSA) is 55.8 Å². The zero-order valence-electron chi connectivity index (χ0n) is 25.2. The molecule has 2 aromatic carbocycles. The number of thioether (sulfide) groups is 1. The number of phenols is 1. The highest BCUT2D eigenvalue weighted by Crippen LogP contribution is 2.58. The van der Waals surface area contributed by atoms with Gasteiger partial charge in [-0.15, -0.1) is 0 Å². The second-order valence-electron chi connectivity index (χ2n) is 12.1. The van der Waals surface area contributed by atoms with E-state index in [1.807, 2.05) is 24.3 Å². The maximum absolute atomic E-state index is 12.9. The number of hydrogen-bond acceptors (Lipinski definition) is 5. The fourth-order valence-corrected chi connectivity index (χ4v) is 7.38. The summed E-state index contributed by atoms with van der Waals surface area (Å²) in [6.07, 6.45) is -0.936. The van der Waals surface area contributed by atoms with Crippen LogP contribution in [0, 0.1) is 11.3 Å². The zero-order valence-corrected chi connectivity index (χ0v) is 26.0. The van der Waals surface area contributed by atoms with Crippen molar-refractivity contribution in [2.45, 2.75) is 89.8 Å². The van der Waals surface area contributed by atoms with Crippen LogP contribution in [0.1, 0.15) is 82.8 Å². The minimum absolute atomic E-state index is 0.124. The van der Waals surface area contributed by atoms with Crippen LogP contribution in [0.3, 0.4) is 0 Å². The number of unbranched alkanes of at least 4 members (excludes halogenated alkanes) is 2. The highest BCUT2D eigenvalue weighted by molar-refractivity contribution is 7.99. The van der Waals surface area contributed by atoms with Gasteiger partial charge in [-0.05, 0) is 115 Å². The number of esters is 1. The van der Waals surface area contributed by atoms with E-state index in [1.54, 1.807) is 12.1 Å². The molecule has 3 atom stereocenters. The molecule has 2 aliphatic carbocycles. The van der Waals surface area contributed by atoms with Crippen LogP contribution in [0.25, 0.3) is 11.1 Å². The van der Waals surface area contributed by atoms with Crippen molar-refractivity contribution >= 4 is 28.9 Å². The number of fused-ring (bicyclic) bond motifs is 1. The van der Waals surface area contributed by atoms with E-state index in [9.17, 15) is 31.9 Å². The quantitative estimate of drug-likeness (QED) is 0.127. The van der Waals surface area contributed by atoms with Crippen molar-refractivity contribution in [3.63, 3.8) is 0 Å². The first-order valence-electron chi connectivity index (χ1n) is 15.2. The summed E-state index contributed by atoms with van der Waals surface area (Å²) in [7, 11) is 0. The third-order valence-electron chi connectivity index (χ3n) is 8.94. The lowest BCUT2D eigenvalue weighted by Gasteiger charge is -2.42. The minimum atomic E-state index is -5.48. The van der Waals surface area contributed by atoms with E-state index >= 15 is 0 Å². The normalized spacial score (nSPS) is 22.2. The van der Waals surface area contributed by atoms with Gasteiger partial charge in [-0.25, -0.2) is 0 Å². The number of aromatic hydroxyl groups is 1. The first kappa shape index (κ1) is 34.1. The molecule has 2 aliphatic rings. The highest BCUT2D eigenvalue weighted by Gasteiger charge is 2.56. The van der Waals surface area contributed by atoms with Gasteiger partial charge < -0.3 is 14.6 Å². The fraction of sp³-hybridized carbons (Fsp3) is 0.559. The van der Waals surface area contributed by atoms with Crippen molar-refractivity contribution in [1.29, 1.82) is 0 Å². The molecule has 44 heavy (non-hydrogen) atoms. The molecule has 4 rings (SSSR count). The van der Waals surface area contributed by atoms with Crippen molar-refractivity contribution in [3.8, 4) is 11.5 Å². The average molecular weight is 641 g/mol. The molecule has 0 bridgehead atoms. The zero-order chi connectivity index (χ0) is 32.0. The maximum Gasteiger partial charge on any atom is 0.453 e. The van der Waals surface area contributed by atoms with Gasteiger partial charge in [0.25, 0.3) is 0 Å². The molecule has 242 valence electrons. The molecule has 4 nitrogen and oxygen atoms in total. The van der Waals surface area contributed by atoms with E-state index in [1.165, 1.54) is 29.8 Å². The van der Waals surface area contributed by atoms with Gasteiger partial charge in [0.05, 0.1) is 6.61 Å². The van der Waals surface area contributed by atoms with E-state index in [-0.39, 0.29) is 35.4 Å². The summed E-state index contributed by atoms with van der Waals surface area (Å²) in [5.74, 6) is -2.51. The smallest absolute Gasteiger partial charge is 0.453 e. The Hall–Kier alpha value is -2.75. The van der Waals surface area contributed by atoms with Crippen LogP contribution in [0.15, 0.2) is 48.5 Å². The van der Waals surface area contributed by atoms with Gasteiger partial charge in [0.1, 0.15) is 17.6 Å². The molecule has 0 aliphatic heterocycles. The molecular weight excluding hydrogens is 599 g/mol. The molecule has 10 heteroatoms. The van der Waals surface area contributed by atoms with Gasteiger partial charge in [-0.1, -0.05) is 31.2 Å². The monoisotopic (exact) mass is 640 g/mol.